The van der Waals surface area contributed by atoms with Crippen molar-refractivity contribution in [2.24, 2.45) is 5.92 Å². The van der Waals surface area contributed by atoms with Gasteiger partial charge in [0.15, 0.2) is 23.1 Å². The molecule has 0 bridgehead atoms. The van der Waals surface area contributed by atoms with Gasteiger partial charge in [-0.25, -0.2) is 8.78 Å². The molecule has 34 heavy (non-hydrogen) atoms. The fraction of sp³-hybridized carbons (Fsp3) is 0.375. The van der Waals surface area contributed by atoms with Crippen molar-refractivity contribution in [2.45, 2.75) is 31.8 Å². The number of carbonyl (C=O) groups excluding carboxylic acids is 2. The van der Waals surface area contributed by atoms with Crippen molar-refractivity contribution in [3.8, 4) is 11.5 Å². The molecule has 2 amide bonds. The summed E-state index contributed by atoms with van der Waals surface area (Å²) in [5, 5.41) is 14.2. The highest BCUT2D eigenvalue weighted by Gasteiger charge is 2.27. The van der Waals surface area contributed by atoms with E-state index in [0.717, 1.165) is 12.1 Å². The summed E-state index contributed by atoms with van der Waals surface area (Å²) >= 11 is 0. The van der Waals surface area contributed by atoms with Crippen molar-refractivity contribution in [2.75, 3.05) is 20.2 Å². The first-order valence-electron chi connectivity index (χ1n) is 10.9. The van der Waals surface area contributed by atoms with E-state index < -0.39 is 35.3 Å². The molecule has 2 aromatic carbocycles. The van der Waals surface area contributed by atoms with Gasteiger partial charge in [-0.05, 0) is 62.1 Å². The number of carboxylic acid groups (broad SMARTS) is 1. The number of amides is 2. The van der Waals surface area contributed by atoms with E-state index in [9.17, 15) is 23.2 Å². The van der Waals surface area contributed by atoms with Crippen LogP contribution in [0.3, 0.4) is 0 Å². The van der Waals surface area contributed by atoms with Gasteiger partial charge < -0.3 is 25.2 Å². The molecule has 8 nitrogen and oxygen atoms in total. The van der Waals surface area contributed by atoms with Gasteiger partial charge in [-0.2, -0.15) is 0 Å². The summed E-state index contributed by atoms with van der Waals surface area (Å²) in [6.07, 6.45) is 1.73. The summed E-state index contributed by atoms with van der Waals surface area (Å²) in [6.45, 7) is 0.164. The van der Waals surface area contributed by atoms with Crippen molar-refractivity contribution >= 4 is 17.8 Å². The highest BCUT2D eigenvalue weighted by molar-refractivity contribution is 5.95. The fourth-order valence-electron chi connectivity index (χ4n) is 3.71. The number of nitrogens with one attached hydrogen (secondary N) is 2. The zero-order valence-corrected chi connectivity index (χ0v) is 18.6. The molecule has 0 saturated heterocycles. The number of carbonyl (C=O) groups is 3. The van der Waals surface area contributed by atoms with E-state index in [2.05, 4.69) is 10.6 Å². The van der Waals surface area contributed by atoms with Gasteiger partial charge in [0.25, 0.3) is 11.8 Å². The predicted octanol–water partition coefficient (Wildman–Crippen LogP) is 3.16. The van der Waals surface area contributed by atoms with Gasteiger partial charge in [-0.1, -0.05) is 0 Å². The quantitative estimate of drug-likeness (QED) is 0.479. The second kappa shape index (κ2) is 11.4. The van der Waals surface area contributed by atoms with Crippen molar-refractivity contribution < 1.29 is 37.7 Å². The third kappa shape index (κ3) is 6.43. The number of benzene rings is 2. The Kier molecular flexibility index (Phi) is 8.39. The zero-order chi connectivity index (χ0) is 24.7. The lowest BCUT2D eigenvalue weighted by molar-refractivity contribution is -0.143. The molecule has 3 rings (SSSR count). The molecule has 0 atom stereocenters. The van der Waals surface area contributed by atoms with E-state index in [1.807, 2.05) is 0 Å². The van der Waals surface area contributed by atoms with Gasteiger partial charge in [0.1, 0.15) is 0 Å². The van der Waals surface area contributed by atoms with E-state index in [-0.39, 0.29) is 41.8 Å². The van der Waals surface area contributed by atoms with Crippen LogP contribution in [0.2, 0.25) is 0 Å². The maximum absolute atomic E-state index is 14.4. The van der Waals surface area contributed by atoms with E-state index in [4.69, 9.17) is 14.6 Å². The minimum absolute atomic E-state index is 0.00862. The lowest BCUT2D eigenvalue weighted by atomic mass is 9.87. The average Bonchev–Trinajstić information content (AvgIpc) is 2.83. The average molecular weight is 476 g/mol. The van der Waals surface area contributed by atoms with Crippen molar-refractivity contribution in [3.63, 3.8) is 0 Å². The molecule has 0 unspecified atom stereocenters. The summed E-state index contributed by atoms with van der Waals surface area (Å²) in [7, 11) is 1.32. The maximum Gasteiger partial charge on any atom is 0.306 e. The molecular weight excluding hydrogens is 450 g/mol. The summed E-state index contributed by atoms with van der Waals surface area (Å²) in [5.41, 5.74) is 0.196. The number of carboxylic acids is 1. The van der Waals surface area contributed by atoms with Crippen LogP contribution in [0.15, 0.2) is 36.4 Å². The van der Waals surface area contributed by atoms with Crippen molar-refractivity contribution in [3.05, 3.63) is 59.2 Å². The van der Waals surface area contributed by atoms with Crippen LogP contribution < -0.4 is 20.1 Å². The first-order valence-corrected chi connectivity index (χ1v) is 10.9. The second-order valence-electron chi connectivity index (χ2n) is 7.94. The van der Waals surface area contributed by atoms with Crippen LogP contribution in [0.25, 0.3) is 0 Å². The van der Waals surface area contributed by atoms with Crippen LogP contribution in [-0.4, -0.2) is 49.2 Å². The number of rotatable bonds is 9. The SMILES string of the molecule is COc1ccc(C(=O)NCCNC(=O)c2ccc(OC3CCC(C(=O)O)CC3)c(F)c2)cc1F. The van der Waals surface area contributed by atoms with Gasteiger partial charge in [0.05, 0.1) is 19.1 Å². The predicted molar refractivity (Wildman–Crippen MR) is 118 cm³/mol. The van der Waals surface area contributed by atoms with E-state index in [0.29, 0.717) is 25.7 Å². The van der Waals surface area contributed by atoms with Gasteiger partial charge in [-0.3, -0.25) is 14.4 Å². The van der Waals surface area contributed by atoms with Crippen LogP contribution in [0.1, 0.15) is 46.4 Å². The van der Waals surface area contributed by atoms with E-state index in [1.54, 1.807) is 0 Å². The molecule has 0 aliphatic heterocycles. The van der Waals surface area contributed by atoms with Gasteiger partial charge >= 0.3 is 5.97 Å². The molecule has 0 radical (unpaired) electrons. The van der Waals surface area contributed by atoms with Gasteiger partial charge in [-0.15, -0.1) is 0 Å². The molecular formula is C24H26F2N2O6. The topological polar surface area (TPSA) is 114 Å². The Morgan fingerprint density at radius 2 is 1.38 bits per heavy atom. The first kappa shape index (κ1) is 24.9. The molecule has 0 spiro atoms. The van der Waals surface area contributed by atoms with Crippen molar-refractivity contribution in [1.82, 2.24) is 10.6 Å². The summed E-state index contributed by atoms with van der Waals surface area (Å²) < 4.78 is 38.6. The third-order valence-electron chi connectivity index (χ3n) is 5.62. The van der Waals surface area contributed by atoms with E-state index >= 15 is 0 Å². The number of hydrogen-bond donors (Lipinski definition) is 3. The number of hydrogen-bond acceptors (Lipinski definition) is 5. The standard InChI is InChI=1S/C24H26F2N2O6/c1-33-20-8-4-15(12-18(20)25)22(29)27-10-11-28-23(30)16-5-9-21(19(26)13-16)34-17-6-2-14(3-7-17)24(31)32/h4-5,8-9,12-14,17H,2-3,6-7,10-11H2,1H3,(H,27,29)(H,28,30)(H,31,32). The Morgan fingerprint density at radius 3 is 1.82 bits per heavy atom. The lowest BCUT2D eigenvalue weighted by Crippen LogP contribution is -2.34. The Labute approximate surface area is 195 Å². The molecule has 1 aliphatic rings. The monoisotopic (exact) mass is 476 g/mol. The number of ether oxygens (including phenoxy) is 2. The van der Waals surface area contributed by atoms with Crippen LogP contribution in [0.5, 0.6) is 11.5 Å². The Balaban J connectivity index is 1.44. The molecule has 182 valence electrons. The Hall–Kier alpha value is -3.69. The molecule has 2 aromatic rings. The largest absolute Gasteiger partial charge is 0.494 e. The number of aliphatic carboxylic acids is 1. The molecule has 0 aromatic heterocycles. The normalized spacial score (nSPS) is 17.5. The van der Waals surface area contributed by atoms with Crippen LogP contribution in [0, 0.1) is 17.6 Å². The zero-order valence-electron chi connectivity index (χ0n) is 18.6. The molecule has 1 fully saturated rings. The second-order valence-corrected chi connectivity index (χ2v) is 7.94. The smallest absolute Gasteiger partial charge is 0.306 e. The fourth-order valence-corrected chi connectivity index (χ4v) is 3.71. The molecule has 3 N–H and O–H groups in total. The highest BCUT2D eigenvalue weighted by Crippen LogP contribution is 2.29. The summed E-state index contributed by atoms with van der Waals surface area (Å²) in [6, 6.07) is 7.67. The third-order valence-corrected chi connectivity index (χ3v) is 5.62. The minimum Gasteiger partial charge on any atom is -0.494 e. The highest BCUT2D eigenvalue weighted by atomic mass is 19.1. The molecule has 1 aliphatic carbocycles. The Morgan fingerprint density at radius 1 is 0.882 bits per heavy atom. The molecule has 10 heteroatoms. The lowest BCUT2D eigenvalue weighted by Gasteiger charge is -2.27. The van der Waals surface area contributed by atoms with Crippen LogP contribution >= 0.6 is 0 Å². The molecule has 1 saturated carbocycles. The maximum atomic E-state index is 14.4. The van der Waals surface area contributed by atoms with Gasteiger partial charge in [0, 0.05) is 24.2 Å². The number of methoxy groups -OCH3 is 1. The van der Waals surface area contributed by atoms with Crippen LogP contribution in [0.4, 0.5) is 8.78 Å². The Bertz CT molecular complexity index is 1050. The van der Waals surface area contributed by atoms with E-state index in [1.165, 1.54) is 31.4 Å². The first-order chi connectivity index (χ1) is 16.3. The summed E-state index contributed by atoms with van der Waals surface area (Å²) in [4.78, 5) is 35.4. The minimum atomic E-state index is -0.825. The number of halogens is 2. The molecule has 0 heterocycles. The van der Waals surface area contributed by atoms with Crippen LogP contribution in [-0.2, 0) is 4.79 Å². The van der Waals surface area contributed by atoms with Crippen molar-refractivity contribution in [1.29, 1.82) is 0 Å². The van der Waals surface area contributed by atoms with Gasteiger partial charge in [0.2, 0.25) is 0 Å². The summed E-state index contributed by atoms with van der Waals surface area (Å²) in [5.74, 6) is -3.58.